The molecule has 6 heteroatoms. The SMILES string of the molecule is CCC1(CC)c2ccccc2-c2ccc(/C(C/C(C)=N/OC(=O)C3CCCCC3)=N/OC(=O)C3CCCCC3)cc21. The zero-order valence-electron chi connectivity index (χ0n) is 24.9. The standard InChI is InChI=1S/C35H44N2O4/c1-4-35(5-2)30-19-13-12-18-28(30)29-21-20-27(23-31(29)35)32(37-41-34(39)26-16-10-7-11-17-26)22-24(3)36-40-33(38)25-14-8-6-9-15-25/h12-13,18-21,23,25-26H,4-11,14-17,22H2,1-3H3/b36-24+,37-32+. The Morgan fingerprint density at radius 2 is 1.32 bits per heavy atom. The molecule has 2 fully saturated rings. The van der Waals surface area contributed by atoms with Crippen LogP contribution in [0.1, 0.15) is 121 Å². The summed E-state index contributed by atoms with van der Waals surface area (Å²) in [5, 5.41) is 8.64. The van der Waals surface area contributed by atoms with E-state index < -0.39 is 0 Å². The number of benzene rings is 2. The normalized spacial score (nSPS) is 19.4. The molecule has 3 aliphatic carbocycles. The fourth-order valence-corrected chi connectivity index (χ4v) is 7.16. The molecule has 0 unspecified atom stereocenters. The van der Waals surface area contributed by atoms with Crippen LogP contribution in [0, 0.1) is 11.8 Å². The second-order valence-corrected chi connectivity index (χ2v) is 12.1. The molecule has 0 atom stereocenters. The van der Waals surface area contributed by atoms with Gasteiger partial charge in [-0.1, -0.05) is 99.1 Å². The Morgan fingerprint density at radius 1 is 0.756 bits per heavy atom. The van der Waals surface area contributed by atoms with Crippen LogP contribution in [0.2, 0.25) is 0 Å². The van der Waals surface area contributed by atoms with E-state index in [1.807, 2.05) is 6.92 Å². The summed E-state index contributed by atoms with van der Waals surface area (Å²) in [4.78, 5) is 36.5. The second-order valence-electron chi connectivity index (χ2n) is 12.1. The third-order valence-corrected chi connectivity index (χ3v) is 9.65. The van der Waals surface area contributed by atoms with Crippen molar-refractivity contribution in [3.63, 3.8) is 0 Å². The quantitative estimate of drug-likeness (QED) is 0.176. The Balaban J connectivity index is 1.43. The Labute approximate surface area is 244 Å². The number of nitrogens with zero attached hydrogens (tertiary/aromatic N) is 2. The largest absolute Gasteiger partial charge is 0.338 e. The van der Waals surface area contributed by atoms with Gasteiger partial charge in [0.2, 0.25) is 0 Å². The van der Waals surface area contributed by atoms with E-state index in [9.17, 15) is 9.59 Å². The number of fused-ring (bicyclic) bond motifs is 3. The van der Waals surface area contributed by atoms with Crippen molar-refractivity contribution in [3.8, 4) is 11.1 Å². The average Bonchev–Trinajstić information content (AvgIpc) is 3.31. The van der Waals surface area contributed by atoms with Gasteiger partial charge in [0.1, 0.15) is 0 Å². The minimum Gasteiger partial charge on any atom is -0.318 e. The van der Waals surface area contributed by atoms with Gasteiger partial charge in [0.15, 0.2) is 0 Å². The monoisotopic (exact) mass is 556 g/mol. The molecule has 0 amide bonds. The maximum atomic E-state index is 12.9. The highest BCUT2D eigenvalue weighted by Gasteiger charge is 2.40. The summed E-state index contributed by atoms with van der Waals surface area (Å²) in [5.41, 5.74) is 7.23. The molecule has 41 heavy (non-hydrogen) atoms. The summed E-state index contributed by atoms with van der Waals surface area (Å²) in [7, 11) is 0. The Kier molecular flexibility index (Phi) is 9.36. The molecule has 2 saturated carbocycles. The highest BCUT2D eigenvalue weighted by Crippen LogP contribution is 2.52. The molecule has 0 spiro atoms. The highest BCUT2D eigenvalue weighted by atomic mass is 16.7. The van der Waals surface area contributed by atoms with E-state index in [4.69, 9.17) is 9.68 Å². The molecule has 0 aromatic heterocycles. The van der Waals surface area contributed by atoms with E-state index in [2.05, 4.69) is 66.6 Å². The first-order chi connectivity index (χ1) is 20.0. The minimum absolute atomic E-state index is 0.0700. The number of carbonyl (C=O) groups excluding carboxylic acids is 2. The summed E-state index contributed by atoms with van der Waals surface area (Å²) in [5.74, 6) is -0.676. The zero-order valence-corrected chi connectivity index (χ0v) is 24.9. The summed E-state index contributed by atoms with van der Waals surface area (Å²) >= 11 is 0. The zero-order chi connectivity index (χ0) is 28.8. The first-order valence-corrected chi connectivity index (χ1v) is 15.7. The van der Waals surface area contributed by atoms with E-state index in [1.165, 1.54) is 35.1 Å². The van der Waals surface area contributed by atoms with Crippen molar-refractivity contribution < 1.29 is 19.3 Å². The molecular formula is C35H44N2O4. The van der Waals surface area contributed by atoms with Crippen molar-refractivity contribution in [2.45, 2.75) is 110 Å². The molecular weight excluding hydrogens is 512 g/mol. The maximum Gasteiger partial charge on any atom is 0.338 e. The molecule has 0 N–H and O–H groups in total. The van der Waals surface area contributed by atoms with Crippen LogP contribution in [0.3, 0.4) is 0 Å². The Bertz CT molecular complexity index is 1310. The van der Waals surface area contributed by atoms with Gasteiger partial charge in [-0.3, -0.25) is 0 Å². The number of carbonyl (C=O) groups is 2. The smallest absolute Gasteiger partial charge is 0.318 e. The molecule has 5 rings (SSSR count). The first kappa shape index (κ1) is 29.2. The third-order valence-electron chi connectivity index (χ3n) is 9.65. The summed E-state index contributed by atoms with van der Waals surface area (Å²) in [6, 6.07) is 15.1. The number of hydrogen-bond acceptors (Lipinski definition) is 6. The van der Waals surface area contributed by atoms with Gasteiger partial charge >= 0.3 is 11.9 Å². The predicted octanol–water partition coefficient (Wildman–Crippen LogP) is 8.49. The fourth-order valence-electron chi connectivity index (χ4n) is 7.16. The van der Waals surface area contributed by atoms with Crippen LogP contribution >= 0.6 is 0 Å². The number of hydrogen-bond donors (Lipinski definition) is 0. The third kappa shape index (κ3) is 6.17. The van der Waals surface area contributed by atoms with Crippen molar-refractivity contribution in [2.75, 3.05) is 0 Å². The number of rotatable bonds is 9. The molecule has 2 aromatic carbocycles. The van der Waals surface area contributed by atoms with Crippen molar-refractivity contribution >= 4 is 23.4 Å². The van der Waals surface area contributed by atoms with E-state index in [1.54, 1.807) is 0 Å². The van der Waals surface area contributed by atoms with Crippen LogP contribution in [0.4, 0.5) is 0 Å². The van der Waals surface area contributed by atoms with Gasteiger partial charge < -0.3 is 9.68 Å². The summed E-state index contributed by atoms with van der Waals surface area (Å²) < 4.78 is 0. The molecule has 0 bridgehead atoms. The van der Waals surface area contributed by atoms with Crippen LogP contribution in [-0.4, -0.2) is 23.4 Å². The lowest BCUT2D eigenvalue weighted by Gasteiger charge is -2.30. The van der Waals surface area contributed by atoms with Crippen LogP contribution in [-0.2, 0) is 24.7 Å². The van der Waals surface area contributed by atoms with Gasteiger partial charge in [0, 0.05) is 17.4 Å². The lowest BCUT2D eigenvalue weighted by molar-refractivity contribution is -0.150. The van der Waals surface area contributed by atoms with E-state index in [0.717, 1.165) is 69.8 Å². The molecule has 0 saturated heterocycles. The van der Waals surface area contributed by atoms with E-state index >= 15 is 0 Å². The molecule has 0 heterocycles. The molecule has 0 radical (unpaired) electrons. The highest BCUT2D eigenvalue weighted by molar-refractivity contribution is 6.12. The first-order valence-electron chi connectivity index (χ1n) is 15.7. The maximum absolute atomic E-state index is 12.9. The van der Waals surface area contributed by atoms with Gasteiger partial charge in [-0.2, -0.15) is 0 Å². The van der Waals surface area contributed by atoms with Gasteiger partial charge in [-0.25, -0.2) is 9.59 Å². The lowest BCUT2D eigenvalue weighted by atomic mass is 9.73. The van der Waals surface area contributed by atoms with E-state index in [0.29, 0.717) is 17.8 Å². The topological polar surface area (TPSA) is 77.3 Å². The molecule has 0 aliphatic heterocycles. The molecule has 218 valence electrons. The van der Waals surface area contributed by atoms with Gasteiger partial charge in [-0.15, -0.1) is 0 Å². The summed E-state index contributed by atoms with van der Waals surface area (Å²) in [6.07, 6.45) is 12.3. The molecule has 3 aliphatic rings. The van der Waals surface area contributed by atoms with Crippen LogP contribution in [0.5, 0.6) is 0 Å². The van der Waals surface area contributed by atoms with Crippen LogP contribution in [0.15, 0.2) is 52.8 Å². The van der Waals surface area contributed by atoms with Gasteiger partial charge in [0.25, 0.3) is 0 Å². The van der Waals surface area contributed by atoms with Gasteiger partial charge in [-0.05, 0) is 73.8 Å². The lowest BCUT2D eigenvalue weighted by Crippen LogP contribution is -2.23. The number of oxime groups is 2. The average molecular weight is 557 g/mol. The Morgan fingerprint density at radius 3 is 1.93 bits per heavy atom. The van der Waals surface area contributed by atoms with Crippen LogP contribution in [0.25, 0.3) is 11.1 Å². The minimum atomic E-state index is -0.259. The molecule has 2 aromatic rings. The predicted molar refractivity (Wildman–Crippen MR) is 163 cm³/mol. The second kappa shape index (κ2) is 13.1. The molecule has 6 nitrogen and oxygen atoms in total. The van der Waals surface area contributed by atoms with Crippen molar-refractivity contribution in [1.29, 1.82) is 0 Å². The van der Waals surface area contributed by atoms with Gasteiger partial charge in [0.05, 0.1) is 23.3 Å². The fraction of sp³-hybridized carbons (Fsp3) is 0.543. The van der Waals surface area contributed by atoms with Crippen molar-refractivity contribution in [3.05, 3.63) is 59.2 Å². The van der Waals surface area contributed by atoms with Crippen molar-refractivity contribution in [1.82, 2.24) is 0 Å². The van der Waals surface area contributed by atoms with E-state index in [-0.39, 0.29) is 29.2 Å². The summed E-state index contributed by atoms with van der Waals surface area (Å²) in [6.45, 7) is 6.33. The van der Waals surface area contributed by atoms with Crippen molar-refractivity contribution in [2.24, 2.45) is 22.1 Å². The Hall–Kier alpha value is -3.28. The van der Waals surface area contributed by atoms with Crippen LogP contribution < -0.4 is 0 Å².